The topological polar surface area (TPSA) is 75.5 Å². The quantitative estimate of drug-likeness (QED) is 0.583. The molecule has 0 amide bonds. The Balaban J connectivity index is 1.82. The van der Waals surface area contributed by atoms with Gasteiger partial charge in [0.2, 0.25) is 0 Å². The van der Waals surface area contributed by atoms with Gasteiger partial charge in [0.15, 0.2) is 9.84 Å². The molecule has 1 N–H and O–H groups in total. The molecule has 0 aliphatic carbocycles. The minimum absolute atomic E-state index is 0.0288. The van der Waals surface area contributed by atoms with Gasteiger partial charge in [-0.05, 0) is 54.6 Å². The van der Waals surface area contributed by atoms with Gasteiger partial charge in [0.05, 0.1) is 25.7 Å². The molecule has 7 heteroatoms. The zero-order valence-corrected chi connectivity index (χ0v) is 17.3. The summed E-state index contributed by atoms with van der Waals surface area (Å²) in [5.41, 5.74) is 2.74. The van der Waals surface area contributed by atoms with Crippen molar-refractivity contribution in [2.24, 2.45) is 0 Å². The molecular weight excluding hydrogens is 376 g/mol. The molecular formula is C21H26N2O4S. The predicted molar refractivity (Wildman–Crippen MR) is 109 cm³/mol. The zero-order valence-electron chi connectivity index (χ0n) is 16.4. The summed E-state index contributed by atoms with van der Waals surface area (Å²) in [7, 11) is -1.89. The van der Waals surface area contributed by atoms with Crippen molar-refractivity contribution in [2.45, 2.75) is 31.8 Å². The monoisotopic (exact) mass is 402 g/mol. The van der Waals surface area contributed by atoms with Crippen molar-refractivity contribution in [1.29, 1.82) is 0 Å². The van der Waals surface area contributed by atoms with Gasteiger partial charge in [-0.25, -0.2) is 8.42 Å². The number of methoxy groups -OCH3 is 1. The van der Waals surface area contributed by atoms with Crippen LogP contribution in [0.5, 0.6) is 5.75 Å². The van der Waals surface area contributed by atoms with E-state index in [9.17, 15) is 8.42 Å². The number of hydrogen-bond acceptors (Lipinski definition) is 5. The molecule has 0 unspecified atom stereocenters. The molecule has 0 aliphatic heterocycles. The number of ether oxygens (including phenoxy) is 1. The van der Waals surface area contributed by atoms with Crippen molar-refractivity contribution < 1.29 is 17.6 Å². The van der Waals surface area contributed by atoms with Crippen LogP contribution in [0.15, 0.2) is 58.0 Å². The third kappa shape index (κ3) is 4.48. The molecule has 28 heavy (non-hydrogen) atoms. The van der Waals surface area contributed by atoms with Crippen molar-refractivity contribution >= 4 is 9.84 Å². The fourth-order valence-electron chi connectivity index (χ4n) is 3.09. The summed E-state index contributed by atoms with van der Waals surface area (Å²) in [4.78, 5) is 5.88. The zero-order chi connectivity index (χ0) is 20.1. The largest absolute Gasteiger partial charge is 0.495 e. The highest BCUT2D eigenvalue weighted by Gasteiger charge is 2.19. The second-order valence-electron chi connectivity index (χ2n) is 6.55. The van der Waals surface area contributed by atoms with Crippen LogP contribution in [-0.4, -0.2) is 37.7 Å². The number of sulfone groups is 1. The summed E-state index contributed by atoms with van der Waals surface area (Å²) in [5.74, 6) is 1.33. The number of rotatable bonds is 9. The van der Waals surface area contributed by atoms with E-state index in [1.165, 1.54) is 7.11 Å². The lowest BCUT2D eigenvalue weighted by Gasteiger charge is -2.18. The number of aromatic nitrogens is 1. The second-order valence-corrected chi connectivity index (χ2v) is 8.80. The van der Waals surface area contributed by atoms with Crippen LogP contribution in [-0.2, 0) is 22.9 Å². The first-order valence-electron chi connectivity index (χ1n) is 9.30. The summed E-state index contributed by atoms with van der Waals surface area (Å²) in [6, 6.07) is 13.1. The molecule has 0 fully saturated rings. The first kappa shape index (κ1) is 20.2. The van der Waals surface area contributed by atoms with Crippen molar-refractivity contribution in [3.8, 4) is 17.0 Å². The van der Waals surface area contributed by atoms with Gasteiger partial charge in [-0.3, -0.25) is 4.90 Å². The molecule has 0 saturated carbocycles. The number of hydrogen-bond donors (Lipinski definition) is 1. The SMILES string of the molecule is CCN(Cc1ccc(-c2ccc(OC)c(S(=O)(=O)CC)c2)[nH]1)Cc1ccco1. The number of aromatic amines is 1. The number of benzene rings is 1. The van der Waals surface area contributed by atoms with Crippen LogP contribution in [0.3, 0.4) is 0 Å². The fourth-order valence-corrected chi connectivity index (χ4v) is 4.16. The van der Waals surface area contributed by atoms with E-state index in [-0.39, 0.29) is 10.6 Å². The number of nitrogens with zero attached hydrogens (tertiary/aromatic N) is 1. The van der Waals surface area contributed by atoms with Crippen molar-refractivity contribution in [1.82, 2.24) is 9.88 Å². The molecule has 6 nitrogen and oxygen atoms in total. The molecule has 0 bridgehead atoms. The van der Waals surface area contributed by atoms with Crippen LogP contribution in [0, 0.1) is 0 Å². The molecule has 0 radical (unpaired) electrons. The highest BCUT2D eigenvalue weighted by Crippen LogP contribution is 2.30. The Bertz CT molecular complexity index is 1010. The third-order valence-corrected chi connectivity index (χ3v) is 6.49. The molecule has 150 valence electrons. The van der Waals surface area contributed by atoms with Crippen molar-refractivity contribution in [2.75, 3.05) is 19.4 Å². The summed E-state index contributed by atoms with van der Waals surface area (Å²) in [6.07, 6.45) is 1.68. The first-order chi connectivity index (χ1) is 13.5. The number of nitrogens with one attached hydrogen (secondary N) is 1. The van der Waals surface area contributed by atoms with Crippen molar-refractivity contribution in [3.63, 3.8) is 0 Å². The lowest BCUT2D eigenvalue weighted by atomic mass is 10.1. The predicted octanol–water partition coefficient (Wildman–Crippen LogP) is 4.10. The van der Waals surface area contributed by atoms with E-state index in [4.69, 9.17) is 9.15 Å². The minimum atomic E-state index is -3.37. The van der Waals surface area contributed by atoms with Gasteiger partial charge >= 0.3 is 0 Å². The van der Waals surface area contributed by atoms with E-state index in [2.05, 4.69) is 16.8 Å². The summed E-state index contributed by atoms with van der Waals surface area (Å²) >= 11 is 0. The smallest absolute Gasteiger partial charge is 0.181 e. The van der Waals surface area contributed by atoms with E-state index in [1.54, 1.807) is 25.3 Å². The van der Waals surface area contributed by atoms with Gasteiger partial charge in [0, 0.05) is 17.9 Å². The average Bonchev–Trinajstić information content (AvgIpc) is 3.39. The van der Waals surface area contributed by atoms with E-state index in [0.717, 1.165) is 42.3 Å². The van der Waals surface area contributed by atoms with Gasteiger partial charge in [-0.1, -0.05) is 13.8 Å². The van der Waals surface area contributed by atoms with Gasteiger partial charge in [0.1, 0.15) is 16.4 Å². The van der Waals surface area contributed by atoms with Crippen LogP contribution >= 0.6 is 0 Å². The van der Waals surface area contributed by atoms with Crippen LogP contribution in [0.2, 0.25) is 0 Å². The average molecular weight is 403 g/mol. The molecule has 0 atom stereocenters. The lowest BCUT2D eigenvalue weighted by Crippen LogP contribution is -2.22. The van der Waals surface area contributed by atoms with Gasteiger partial charge in [-0.15, -0.1) is 0 Å². The summed E-state index contributed by atoms with van der Waals surface area (Å²) < 4.78 is 35.5. The molecule has 2 heterocycles. The molecule has 3 aromatic rings. The van der Waals surface area contributed by atoms with E-state index in [1.807, 2.05) is 30.3 Å². The molecule has 0 aliphatic rings. The Morgan fingerprint density at radius 1 is 1.11 bits per heavy atom. The highest BCUT2D eigenvalue weighted by atomic mass is 32.2. The minimum Gasteiger partial charge on any atom is -0.495 e. The van der Waals surface area contributed by atoms with Crippen molar-refractivity contribution in [3.05, 3.63) is 60.2 Å². The Labute approximate surface area is 166 Å². The van der Waals surface area contributed by atoms with E-state index >= 15 is 0 Å². The van der Waals surface area contributed by atoms with Crippen LogP contribution in [0.25, 0.3) is 11.3 Å². The maximum absolute atomic E-state index is 12.4. The maximum Gasteiger partial charge on any atom is 0.181 e. The van der Waals surface area contributed by atoms with Gasteiger partial charge < -0.3 is 14.1 Å². The molecule has 2 aromatic heterocycles. The Morgan fingerprint density at radius 2 is 1.93 bits per heavy atom. The Kier molecular flexibility index (Phi) is 6.26. The maximum atomic E-state index is 12.4. The normalized spacial score (nSPS) is 11.9. The third-order valence-electron chi connectivity index (χ3n) is 4.74. The Hall–Kier alpha value is -2.51. The molecule has 0 saturated heterocycles. The molecule has 1 aromatic carbocycles. The lowest BCUT2D eigenvalue weighted by molar-refractivity contribution is 0.245. The summed E-state index contributed by atoms with van der Waals surface area (Å²) in [5, 5.41) is 0. The first-order valence-corrected chi connectivity index (χ1v) is 11.0. The number of furan rings is 1. The standard InChI is InChI=1S/C21H26N2O4S/c1-4-23(15-18-7-6-12-27-18)14-17-9-10-19(22-17)16-8-11-20(26-3)21(13-16)28(24,25)5-2/h6-13,22H,4-5,14-15H2,1-3H3. The number of H-pyrrole nitrogens is 1. The van der Waals surface area contributed by atoms with E-state index < -0.39 is 9.84 Å². The highest BCUT2D eigenvalue weighted by molar-refractivity contribution is 7.91. The van der Waals surface area contributed by atoms with Gasteiger partial charge in [-0.2, -0.15) is 0 Å². The van der Waals surface area contributed by atoms with Gasteiger partial charge in [0.25, 0.3) is 0 Å². The van der Waals surface area contributed by atoms with Crippen LogP contribution in [0.1, 0.15) is 25.3 Å². The van der Waals surface area contributed by atoms with Crippen LogP contribution < -0.4 is 4.74 Å². The summed E-state index contributed by atoms with van der Waals surface area (Å²) in [6.45, 7) is 6.11. The molecule has 0 spiro atoms. The Morgan fingerprint density at radius 3 is 2.57 bits per heavy atom. The van der Waals surface area contributed by atoms with Crippen LogP contribution in [0.4, 0.5) is 0 Å². The molecule has 3 rings (SSSR count). The second kappa shape index (κ2) is 8.67. The fraction of sp³-hybridized carbons (Fsp3) is 0.333. The van der Waals surface area contributed by atoms with E-state index in [0.29, 0.717) is 5.75 Å².